The molecule has 0 radical (unpaired) electrons. The van der Waals surface area contributed by atoms with Gasteiger partial charge in [-0.15, -0.1) is 5.10 Å². The minimum atomic E-state index is 0.821. The van der Waals surface area contributed by atoms with Crippen LogP contribution in [0.2, 0.25) is 0 Å². The third kappa shape index (κ3) is 4.43. The molecule has 1 aromatic heterocycles. The lowest BCUT2D eigenvalue weighted by Gasteiger charge is -2.33. The van der Waals surface area contributed by atoms with E-state index in [2.05, 4.69) is 166 Å². The van der Waals surface area contributed by atoms with Gasteiger partial charge in [-0.05, 0) is 72.8 Å². The molecule has 0 spiro atoms. The highest BCUT2D eigenvalue weighted by atomic mass is 32.2. The highest BCUT2D eigenvalue weighted by molar-refractivity contribution is 8.00. The van der Waals surface area contributed by atoms with E-state index in [1.54, 1.807) is 11.8 Å². The van der Waals surface area contributed by atoms with E-state index in [0.717, 1.165) is 39.7 Å². The monoisotopic (exact) mass is 615 g/mol. The lowest BCUT2D eigenvalue weighted by Crippen LogP contribution is -2.17. The van der Waals surface area contributed by atoms with E-state index in [9.17, 15) is 0 Å². The van der Waals surface area contributed by atoms with E-state index in [-0.39, 0.29) is 0 Å². The van der Waals surface area contributed by atoms with Crippen molar-refractivity contribution < 1.29 is 0 Å². The first kappa shape index (κ1) is 26.2. The molecule has 7 heteroatoms. The number of hydrogen-bond donors (Lipinski definition) is 0. The van der Waals surface area contributed by atoms with Crippen LogP contribution < -0.4 is 9.80 Å². The van der Waals surface area contributed by atoms with Crippen LogP contribution in [-0.4, -0.2) is 15.0 Å². The van der Waals surface area contributed by atoms with Gasteiger partial charge in [-0.2, -0.15) is 0 Å². The zero-order valence-electron chi connectivity index (χ0n) is 24.0. The van der Waals surface area contributed by atoms with Crippen LogP contribution in [0, 0.1) is 0 Å². The van der Waals surface area contributed by atoms with Crippen molar-refractivity contribution in [3.05, 3.63) is 152 Å². The molecule has 214 valence electrons. The van der Waals surface area contributed by atoms with Crippen LogP contribution in [0.3, 0.4) is 0 Å². The Kier molecular flexibility index (Phi) is 6.25. The van der Waals surface area contributed by atoms with E-state index in [4.69, 9.17) is 0 Å². The van der Waals surface area contributed by atoms with Gasteiger partial charge in [-0.25, -0.2) is 4.68 Å². The highest BCUT2D eigenvalue weighted by Gasteiger charge is 2.27. The maximum Gasteiger partial charge on any atom is 0.113 e. The largest absolute Gasteiger partial charge is 0.308 e. The minimum absolute atomic E-state index is 0.821. The number of nitrogens with zero attached hydrogens (tertiary/aromatic N) is 5. The van der Waals surface area contributed by atoms with Gasteiger partial charge in [0.05, 0.1) is 40.3 Å². The number of rotatable bonds is 4. The zero-order valence-corrected chi connectivity index (χ0v) is 25.6. The molecule has 0 amide bonds. The van der Waals surface area contributed by atoms with Crippen molar-refractivity contribution in [1.29, 1.82) is 0 Å². The molecule has 0 saturated heterocycles. The molecule has 2 aliphatic rings. The van der Waals surface area contributed by atoms with Crippen molar-refractivity contribution >= 4 is 57.6 Å². The van der Waals surface area contributed by atoms with Gasteiger partial charge >= 0.3 is 0 Å². The Balaban J connectivity index is 1.08. The Morgan fingerprint density at radius 2 is 0.822 bits per heavy atom. The topological polar surface area (TPSA) is 37.2 Å². The Morgan fingerprint density at radius 1 is 0.400 bits per heavy atom. The minimum Gasteiger partial charge on any atom is -0.308 e. The van der Waals surface area contributed by atoms with Crippen molar-refractivity contribution in [2.24, 2.45) is 0 Å². The summed E-state index contributed by atoms with van der Waals surface area (Å²) >= 11 is 3.62. The van der Waals surface area contributed by atoms with Crippen LogP contribution in [0.15, 0.2) is 171 Å². The molecule has 6 aromatic carbocycles. The molecule has 7 aromatic rings. The third-order valence-electron chi connectivity index (χ3n) is 8.15. The standard InChI is InChI=1S/C38H25N5S2/c1-2-12-30(43-33-15-5-9-19-37(33)45-38-20-10-6-16-34(38)43)29(11-1)41-25-28(39-40-41)26-21-23-27(24-22-26)42-31-13-3-7-17-35(31)44-36-18-8-4-14-32(36)42/h1-25H. The molecule has 9 rings (SSSR count). The van der Waals surface area contributed by atoms with E-state index in [0.29, 0.717) is 0 Å². The summed E-state index contributed by atoms with van der Waals surface area (Å²) in [5.41, 5.74) is 9.64. The SMILES string of the molecule is c1ccc2c(c1)Sc1ccccc1N2c1ccc(-c2cn(-c3ccccc3N3c4ccccc4Sc4ccccc43)nn2)cc1. The number of para-hydroxylation sites is 6. The summed E-state index contributed by atoms with van der Waals surface area (Å²) in [6.45, 7) is 0. The summed E-state index contributed by atoms with van der Waals surface area (Å²) in [6, 6.07) is 51.3. The van der Waals surface area contributed by atoms with Crippen molar-refractivity contribution in [1.82, 2.24) is 15.0 Å². The second-order valence-corrected chi connectivity index (χ2v) is 13.0. The van der Waals surface area contributed by atoms with Gasteiger partial charge in [0.25, 0.3) is 0 Å². The zero-order chi connectivity index (χ0) is 29.7. The van der Waals surface area contributed by atoms with E-state index in [1.807, 2.05) is 22.6 Å². The number of anilines is 6. The highest BCUT2D eigenvalue weighted by Crippen LogP contribution is 2.53. The Morgan fingerprint density at radius 3 is 1.33 bits per heavy atom. The number of fused-ring (bicyclic) bond motifs is 4. The molecular weight excluding hydrogens is 591 g/mol. The van der Waals surface area contributed by atoms with Crippen LogP contribution in [0.5, 0.6) is 0 Å². The van der Waals surface area contributed by atoms with E-state index < -0.39 is 0 Å². The predicted octanol–water partition coefficient (Wildman–Crippen LogP) is 10.8. The summed E-state index contributed by atoms with van der Waals surface area (Å²) in [7, 11) is 0. The molecule has 0 aliphatic carbocycles. The maximum atomic E-state index is 4.63. The first-order valence-corrected chi connectivity index (χ1v) is 16.4. The molecule has 2 aliphatic heterocycles. The van der Waals surface area contributed by atoms with Gasteiger partial charge in [0, 0.05) is 30.8 Å². The van der Waals surface area contributed by atoms with Crippen LogP contribution in [0.25, 0.3) is 16.9 Å². The summed E-state index contributed by atoms with van der Waals surface area (Å²) in [5, 5.41) is 9.25. The Hall–Kier alpha value is -5.24. The molecule has 0 atom stereocenters. The van der Waals surface area contributed by atoms with Crippen LogP contribution in [0.1, 0.15) is 0 Å². The molecular formula is C38H25N5S2. The van der Waals surface area contributed by atoms with E-state index in [1.165, 1.54) is 31.0 Å². The van der Waals surface area contributed by atoms with Crippen LogP contribution in [0.4, 0.5) is 34.1 Å². The third-order valence-corrected chi connectivity index (χ3v) is 10.4. The normalized spacial score (nSPS) is 13.1. The van der Waals surface area contributed by atoms with Crippen molar-refractivity contribution in [3.63, 3.8) is 0 Å². The summed E-state index contributed by atoms with van der Waals surface area (Å²) in [6.07, 6.45) is 2.02. The average Bonchev–Trinajstić information content (AvgIpc) is 3.60. The molecule has 0 N–H and O–H groups in total. The van der Waals surface area contributed by atoms with Crippen LogP contribution >= 0.6 is 23.5 Å². The van der Waals surface area contributed by atoms with Crippen molar-refractivity contribution in [2.75, 3.05) is 9.80 Å². The molecule has 3 heterocycles. The molecule has 5 nitrogen and oxygen atoms in total. The van der Waals surface area contributed by atoms with Gasteiger partial charge in [0.15, 0.2) is 0 Å². The number of aromatic nitrogens is 3. The lowest BCUT2D eigenvalue weighted by molar-refractivity contribution is 0.803. The fraction of sp³-hybridized carbons (Fsp3) is 0. The number of benzene rings is 6. The fourth-order valence-electron chi connectivity index (χ4n) is 6.09. The fourth-order valence-corrected chi connectivity index (χ4v) is 8.20. The van der Waals surface area contributed by atoms with Crippen LogP contribution in [-0.2, 0) is 0 Å². The second-order valence-electron chi connectivity index (χ2n) is 10.8. The van der Waals surface area contributed by atoms with Gasteiger partial charge in [-0.3, -0.25) is 0 Å². The molecule has 0 unspecified atom stereocenters. The number of hydrogen-bond acceptors (Lipinski definition) is 6. The lowest BCUT2D eigenvalue weighted by atomic mass is 10.1. The summed E-state index contributed by atoms with van der Waals surface area (Å²) < 4.78 is 1.89. The van der Waals surface area contributed by atoms with Gasteiger partial charge in [0.2, 0.25) is 0 Å². The van der Waals surface area contributed by atoms with Gasteiger partial charge in [0.1, 0.15) is 5.69 Å². The first-order chi connectivity index (χ1) is 22.3. The van der Waals surface area contributed by atoms with Crippen molar-refractivity contribution in [3.8, 4) is 16.9 Å². The molecule has 0 fully saturated rings. The van der Waals surface area contributed by atoms with E-state index >= 15 is 0 Å². The van der Waals surface area contributed by atoms with Gasteiger partial charge < -0.3 is 9.80 Å². The maximum absolute atomic E-state index is 4.63. The van der Waals surface area contributed by atoms with Gasteiger partial charge in [-0.1, -0.05) is 102 Å². The Bertz CT molecular complexity index is 2120. The first-order valence-electron chi connectivity index (χ1n) is 14.8. The predicted molar refractivity (Wildman–Crippen MR) is 184 cm³/mol. The average molecular weight is 616 g/mol. The second kappa shape index (κ2) is 10.7. The summed E-state index contributed by atoms with van der Waals surface area (Å²) in [4.78, 5) is 9.62. The van der Waals surface area contributed by atoms with Crippen molar-refractivity contribution in [2.45, 2.75) is 19.6 Å². The molecule has 45 heavy (non-hydrogen) atoms. The smallest absolute Gasteiger partial charge is 0.113 e. The molecule has 0 bridgehead atoms. The summed E-state index contributed by atoms with van der Waals surface area (Å²) in [5.74, 6) is 0. The Labute approximate surface area is 269 Å². The molecule has 0 saturated carbocycles. The quantitative estimate of drug-likeness (QED) is 0.196.